The fourth-order valence-corrected chi connectivity index (χ4v) is 3.27. The molecule has 1 atom stereocenters. The summed E-state index contributed by atoms with van der Waals surface area (Å²) in [5, 5.41) is 3.82. The third-order valence-electron chi connectivity index (χ3n) is 4.89. The van der Waals surface area contributed by atoms with Crippen LogP contribution in [0.25, 0.3) is 0 Å². The zero-order valence-corrected chi connectivity index (χ0v) is 11.1. The average molecular weight is 224 g/mol. The molecule has 0 radical (unpaired) electrons. The van der Waals surface area contributed by atoms with Crippen molar-refractivity contribution in [1.82, 2.24) is 10.2 Å². The molecule has 1 aliphatic heterocycles. The molecule has 0 aromatic heterocycles. The van der Waals surface area contributed by atoms with Gasteiger partial charge in [0.05, 0.1) is 0 Å². The van der Waals surface area contributed by atoms with Crippen molar-refractivity contribution >= 4 is 0 Å². The summed E-state index contributed by atoms with van der Waals surface area (Å²) < 4.78 is 0. The Hall–Kier alpha value is -0.0800. The molecule has 1 aliphatic carbocycles. The number of nitrogens with zero attached hydrogens (tertiary/aromatic N) is 1. The number of likely N-dealkylation sites (tertiary alicyclic amines) is 1. The molecule has 0 aromatic carbocycles. The van der Waals surface area contributed by atoms with Gasteiger partial charge < -0.3 is 10.2 Å². The molecule has 1 saturated heterocycles. The predicted molar refractivity (Wildman–Crippen MR) is 69.8 cm³/mol. The first-order valence-electron chi connectivity index (χ1n) is 7.21. The van der Waals surface area contributed by atoms with Gasteiger partial charge in [-0.3, -0.25) is 0 Å². The van der Waals surface area contributed by atoms with Gasteiger partial charge in [-0.15, -0.1) is 0 Å². The van der Waals surface area contributed by atoms with Crippen LogP contribution in [-0.4, -0.2) is 36.6 Å². The van der Waals surface area contributed by atoms with E-state index in [1.807, 2.05) is 0 Å². The lowest BCUT2D eigenvalue weighted by atomic mass is 9.75. The number of hydrogen-bond acceptors (Lipinski definition) is 2. The van der Waals surface area contributed by atoms with E-state index in [9.17, 15) is 0 Å². The third kappa shape index (κ3) is 2.78. The molecule has 16 heavy (non-hydrogen) atoms. The Kier molecular flexibility index (Phi) is 4.26. The van der Waals surface area contributed by atoms with E-state index in [1.165, 1.54) is 64.5 Å². The fourth-order valence-electron chi connectivity index (χ4n) is 3.27. The topological polar surface area (TPSA) is 15.3 Å². The minimum Gasteiger partial charge on any atom is -0.311 e. The van der Waals surface area contributed by atoms with Gasteiger partial charge in [0.25, 0.3) is 0 Å². The largest absolute Gasteiger partial charge is 0.311 e. The first-order chi connectivity index (χ1) is 7.76. The van der Waals surface area contributed by atoms with E-state index in [0.29, 0.717) is 5.54 Å². The molecule has 0 bridgehead atoms. The first-order valence-corrected chi connectivity index (χ1v) is 7.21. The summed E-state index contributed by atoms with van der Waals surface area (Å²) in [6, 6.07) is 0.843. The van der Waals surface area contributed by atoms with Gasteiger partial charge in [-0.1, -0.05) is 13.3 Å². The minimum atomic E-state index is 0.535. The van der Waals surface area contributed by atoms with Gasteiger partial charge in [-0.25, -0.2) is 0 Å². The van der Waals surface area contributed by atoms with Crippen molar-refractivity contribution in [3.05, 3.63) is 0 Å². The maximum Gasteiger partial charge on any atom is 0.0178 e. The van der Waals surface area contributed by atoms with E-state index in [2.05, 4.69) is 24.2 Å². The van der Waals surface area contributed by atoms with Crippen molar-refractivity contribution < 1.29 is 0 Å². The summed E-state index contributed by atoms with van der Waals surface area (Å²) in [4.78, 5) is 2.56. The van der Waals surface area contributed by atoms with E-state index in [4.69, 9.17) is 0 Å². The van der Waals surface area contributed by atoms with Crippen LogP contribution < -0.4 is 5.32 Å². The van der Waals surface area contributed by atoms with E-state index < -0.39 is 0 Å². The van der Waals surface area contributed by atoms with Crippen LogP contribution in [0.4, 0.5) is 0 Å². The summed E-state index contributed by atoms with van der Waals surface area (Å²) in [5.41, 5.74) is 0.535. The molecule has 2 fully saturated rings. The first kappa shape index (κ1) is 12.4. The Balaban J connectivity index is 1.66. The summed E-state index contributed by atoms with van der Waals surface area (Å²) >= 11 is 0. The summed E-state index contributed by atoms with van der Waals surface area (Å²) in [5.74, 6) is 0. The van der Waals surface area contributed by atoms with Crippen LogP contribution in [0.15, 0.2) is 0 Å². The van der Waals surface area contributed by atoms with Crippen molar-refractivity contribution in [2.75, 3.05) is 20.1 Å². The summed E-state index contributed by atoms with van der Waals surface area (Å²) in [6.07, 6.45) is 11.2. The second-order valence-corrected chi connectivity index (χ2v) is 5.83. The van der Waals surface area contributed by atoms with Crippen LogP contribution in [0.5, 0.6) is 0 Å². The van der Waals surface area contributed by atoms with Gasteiger partial charge in [0.1, 0.15) is 0 Å². The predicted octanol–water partition coefficient (Wildman–Crippen LogP) is 2.78. The molecule has 0 spiro atoms. The van der Waals surface area contributed by atoms with Gasteiger partial charge in [0, 0.05) is 11.6 Å². The number of piperidine rings is 1. The van der Waals surface area contributed by atoms with E-state index in [-0.39, 0.29) is 0 Å². The average Bonchev–Trinajstić information content (AvgIpc) is 2.25. The molecule has 94 valence electrons. The van der Waals surface area contributed by atoms with Crippen LogP contribution in [0.1, 0.15) is 58.3 Å². The quantitative estimate of drug-likeness (QED) is 0.772. The molecular weight excluding hydrogens is 196 g/mol. The lowest BCUT2D eigenvalue weighted by Gasteiger charge is -2.43. The van der Waals surface area contributed by atoms with Gasteiger partial charge in [0.2, 0.25) is 0 Å². The monoisotopic (exact) mass is 224 g/mol. The van der Waals surface area contributed by atoms with Crippen LogP contribution in [-0.2, 0) is 0 Å². The van der Waals surface area contributed by atoms with Gasteiger partial charge in [-0.05, 0) is 65.1 Å². The summed E-state index contributed by atoms with van der Waals surface area (Å²) in [7, 11) is 2.29. The highest BCUT2D eigenvalue weighted by Gasteiger charge is 2.34. The van der Waals surface area contributed by atoms with E-state index >= 15 is 0 Å². The fraction of sp³-hybridized carbons (Fsp3) is 1.00. The van der Waals surface area contributed by atoms with Crippen molar-refractivity contribution in [2.24, 2.45) is 0 Å². The maximum atomic E-state index is 3.82. The van der Waals surface area contributed by atoms with E-state index in [0.717, 1.165) is 6.04 Å². The van der Waals surface area contributed by atoms with Gasteiger partial charge in [0.15, 0.2) is 0 Å². The molecule has 2 heteroatoms. The third-order valence-corrected chi connectivity index (χ3v) is 4.89. The van der Waals surface area contributed by atoms with Crippen LogP contribution in [0, 0.1) is 0 Å². The van der Waals surface area contributed by atoms with Crippen molar-refractivity contribution in [3.63, 3.8) is 0 Å². The lowest BCUT2D eigenvalue weighted by Crippen LogP contribution is -2.51. The molecule has 2 nitrogen and oxygen atoms in total. The van der Waals surface area contributed by atoms with Crippen LogP contribution in [0.3, 0.4) is 0 Å². The van der Waals surface area contributed by atoms with Gasteiger partial charge in [-0.2, -0.15) is 0 Å². The highest BCUT2D eigenvalue weighted by Crippen LogP contribution is 2.34. The zero-order chi connectivity index (χ0) is 11.4. The molecule has 1 N–H and O–H groups in total. The van der Waals surface area contributed by atoms with Crippen molar-refractivity contribution in [2.45, 2.75) is 69.9 Å². The lowest BCUT2D eigenvalue weighted by molar-refractivity contribution is 0.147. The molecule has 1 heterocycles. The highest BCUT2D eigenvalue weighted by atomic mass is 15.1. The number of rotatable bonds is 5. The Bertz CT molecular complexity index is 205. The number of nitrogens with one attached hydrogen (secondary N) is 1. The highest BCUT2D eigenvalue weighted by molar-refractivity contribution is 4.94. The normalized spacial score (nSPS) is 30.0. The van der Waals surface area contributed by atoms with Gasteiger partial charge >= 0.3 is 0 Å². The maximum absolute atomic E-state index is 3.82. The minimum absolute atomic E-state index is 0.535. The Morgan fingerprint density at radius 2 is 2.06 bits per heavy atom. The molecular formula is C14H28N2. The number of hydrogen-bond donors (Lipinski definition) is 1. The van der Waals surface area contributed by atoms with E-state index in [1.54, 1.807) is 0 Å². The molecule has 2 aliphatic rings. The molecule has 1 unspecified atom stereocenters. The standard InChI is InChI=1S/C14H28N2/c1-3-14(9-6-10-14)15-11-8-13-7-4-5-12-16(13)2/h13,15H,3-12H2,1-2H3. The Morgan fingerprint density at radius 3 is 2.62 bits per heavy atom. The zero-order valence-electron chi connectivity index (χ0n) is 11.1. The molecule has 1 saturated carbocycles. The smallest absolute Gasteiger partial charge is 0.0178 e. The molecule has 0 aromatic rings. The Morgan fingerprint density at radius 1 is 1.25 bits per heavy atom. The SMILES string of the molecule is CCC1(NCCC2CCCCN2C)CCC1. The second kappa shape index (κ2) is 5.50. The van der Waals surface area contributed by atoms with Crippen molar-refractivity contribution in [1.29, 1.82) is 0 Å². The van der Waals surface area contributed by atoms with Crippen LogP contribution in [0.2, 0.25) is 0 Å². The Labute approximate surface area is 101 Å². The second-order valence-electron chi connectivity index (χ2n) is 5.83. The summed E-state index contributed by atoms with van der Waals surface area (Å²) in [6.45, 7) is 4.87. The molecule has 0 amide bonds. The molecule has 2 rings (SSSR count). The van der Waals surface area contributed by atoms with Crippen LogP contribution >= 0.6 is 0 Å². The van der Waals surface area contributed by atoms with Crippen molar-refractivity contribution in [3.8, 4) is 0 Å².